The number of hydrogen-bond donors (Lipinski definition) is 1. The number of piperidine rings is 1. The van der Waals surface area contributed by atoms with Gasteiger partial charge in [-0.3, -0.25) is 4.79 Å². The zero-order valence-corrected chi connectivity index (χ0v) is 15.2. The van der Waals surface area contributed by atoms with Crippen molar-refractivity contribution in [2.45, 2.75) is 57.5 Å². The third kappa shape index (κ3) is 5.43. The first-order valence-corrected chi connectivity index (χ1v) is 10.1. The van der Waals surface area contributed by atoms with Gasteiger partial charge in [0.1, 0.15) is 0 Å². The zero-order chi connectivity index (χ0) is 16.8. The monoisotopic (exact) mass is 337 g/mol. The molecule has 3 saturated heterocycles. The first-order chi connectivity index (χ1) is 11.7. The minimum Gasteiger partial charge on any atom is -0.390 e. The molecule has 24 heavy (non-hydrogen) atoms. The highest BCUT2D eigenvalue weighted by atomic mass is 16.3. The molecule has 0 aromatic heterocycles. The van der Waals surface area contributed by atoms with E-state index in [2.05, 4.69) is 9.80 Å². The topological polar surface area (TPSA) is 47.0 Å². The van der Waals surface area contributed by atoms with Crippen molar-refractivity contribution in [1.82, 2.24) is 14.7 Å². The van der Waals surface area contributed by atoms with Crippen LogP contribution in [0, 0.1) is 5.92 Å². The Morgan fingerprint density at radius 1 is 0.917 bits per heavy atom. The lowest BCUT2D eigenvalue weighted by molar-refractivity contribution is -0.129. The highest BCUT2D eigenvalue weighted by molar-refractivity contribution is 5.78. The fraction of sp³-hybridized carbons (Fsp3) is 0.947. The van der Waals surface area contributed by atoms with Crippen LogP contribution in [0.15, 0.2) is 0 Å². The van der Waals surface area contributed by atoms with Gasteiger partial charge in [0.2, 0.25) is 5.91 Å². The Morgan fingerprint density at radius 3 is 2.38 bits per heavy atom. The molecule has 3 aliphatic rings. The molecule has 1 amide bonds. The van der Waals surface area contributed by atoms with Crippen LogP contribution in [0.3, 0.4) is 0 Å². The maximum atomic E-state index is 11.7. The van der Waals surface area contributed by atoms with Crippen LogP contribution < -0.4 is 0 Å². The molecule has 0 saturated carbocycles. The molecule has 3 heterocycles. The van der Waals surface area contributed by atoms with E-state index in [0.717, 1.165) is 38.5 Å². The van der Waals surface area contributed by atoms with Gasteiger partial charge in [-0.15, -0.1) is 0 Å². The Hall–Kier alpha value is -0.650. The van der Waals surface area contributed by atoms with Crippen LogP contribution in [0.5, 0.6) is 0 Å². The van der Waals surface area contributed by atoms with Crippen molar-refractivity contribution in [3.8, 4) is 0 Å². The van der Waals surface area contributed by atoms with E-state index in [1.807, 2.05) is 4.90 Å². The molecule has 2 unspecified atom stereocenters. The molecule has 0 radical (unpaired) electrons. The van der Waals surface area contributed by atoms with E-state index in [1.165, 1.54) is 58.2 Å². The Balaban J connectivity index is 1.40. The summed E-state index contributed by atoms with van der Waals surface area (Å²) in [5, 5.41) is 10.4. The third-order valence-electron chi connectivity index (χ3n) is 5.89. The smallest absolute Gasteiger partial charge is 0.222 e. The van der Waals surface area contributed by atoms with Crippen LogP contribution in [0.1, 0.15) is 51.4 Å². The van der Waals surface area contributed by atoms with Gasteiger partial charge >= 0.3 is 0 Å². The molecular weight excluding hydrogens is 302 g/mol. The molecule has 0 aromatic carbocycles. The summed E-state index contributed by atoms with van der Waals surface area (Å²) in [5.74, 6) is 0.962. The van der Waals surface area contributed by atoms with Gasteiger partial charge in [-0.05, 0) is 57.7 Å². The molecule has 0 spiro atoms. The van der Waals surface area contributed by atoms with E-state index < -0.39 is 6.10 Å². The number of aliphatic hydroxyl groups excluding tert-OH is 1. The Kier molecular flexibility index (Phi) is 6.93. The van der Waals surface area contributed by atoms with Crippen LogP contribution in [0.2, 0.25) is 0 Å². The van der Waals surface area contributed by atoms with E-state index in [0.29, 0.717) is 13.0 Å². The highest BCUT2D eigenvalue weighted by Crippen LogP contribution is 2.20. The fourth-order valence-corrected chi connectivity index (χ4v) is 4.66. The van der Waals surface area contributed by atoms with Crippen molar-refractivity contribution >= 4 is 5.91 Å². The predicted molar refractivity (Wildman–Crippen MR) is 95.9 cm³/mol. The molecule has 5 heteroatoms. The van der Waals surface area contributed by atoms with Gasteiger partial charge in [-0.25, -0.2) is 0 Å². The minimum atomic E-state index is -0.399. The number of nitrogens with zero attached hydrogens (tertiary/aromatic N) is 3. The van der Waals surface area contributed by atoms with Crippen LogP contribution in [-0.2, 0) is 4.79 Å². The van der Waals surface area contributed by atoms with E-state index in [-0.39, 0.29) is 5.91 Å². The summed E-state index contributed by atoms with van der Waals surface area (Å²) >= 11 is 0. The number of hydrogen-bond acceptors (Lipinski definition) is 4. The molecule has 2 atom stereocenters. The van der Waals surface area contributed by atoms with E-state index in [1.54, 1.807) is 0 Å². The maximum absolute atomic E-state index is 11.7. The van der Waals surface area contributed by atoms with E-state index in [9.17, 15) is 9.90 Å². The SMILES string of the molecule is O=C1CCCN1CC(O)CN1CCCC(CN2CCCCCC2)C1. The lowest BCUT2D eigenvalue weighted by Crippen LogP contribution is -2.46. The number of carbonyl (C=O) groups excluding carboxylic acids is 1. The summed E-state index contributed by atoms with van der Waals surface area (Å²) in [6.07, 6.45) is 9.30. The number of likely N-dealkylation sites (tertiary alicyclic amines) is 3. The number of β-amino-alcohol motifs (C(OH)–C–C–N with tert-alkyl or cyclic N) is 1. The molecule has 138 valence electrons. The highest BCUT2D eigenvalue weighted by Gasteiger charge is 2.26. The van der Waals surface area contributed by atoms with Gasteiger partial charge < -0.3 is 19.8 Å². The van der Waals surface area contributed by atoms with Crippen molar-refractivity contribution in [3.63, 3.8) is 0 Å². The van der Waals surface area contributed by atoms with Gasteiger partial charge in [0.05, 0.1) is 6.10 Å². The Bertz CT molecular complexity index is 396. The molecule has 5 nitrogen and oxygen atoms in total. The molecule has 0 aliphatic carbocycles. The van der Waals surface area contributed by atoms with Crippen LogP contribution >= 0.6 is 0 Å². The first kappa shape index (κ1) is 18.2. The number of amides is 1. The second kappa shape index (κ2) is 9.16. The Morgan fingerprint density at radius 2 is 1.67 bits per heavy atom. The average Bonchev–Trinajstić information content (AvgIpc) is 2.81. The van der Waals surface area contributed by atoms with Gasteiger partial charge in [-0.2, -0.15) is 0 Å². The summed E-state index contributed by atoms with van der Waals surface area (Å²) in [7, 11) is 0. The van der Waals surface area contributed by atoms with Crippen LogP contribution in [0.4, 0.5) is 0 Å². The lowest BCUT2D eigenvalue weighted by Gasteiger charge is -2.36. The molecule has 3 rings (SSSR count). The molecular formula is C19H35N3O2. The maximum Gasteiger partial charge on any atom is 0.222 e. The van der Waals surface area contributed by atoms with Crippen molar-refractivity contribution in [1.29, 1.82) is 0 Å². The zero-order valence-electron chi connectivity index (χ0n) is 15.2. The molecule has 0 bridgehead atoms. The quantitative estimate of drug-likeness (QED) is 0.799. The second-order valence-electron chi connectivity index (χ2n) is 8.08. The van der Waals surface area contributed by atoms with Crippen LogP contribution in [0.25, 0.3) is 0 Å². The van der Waals surface area contributed by atoms with Crippen molar-refractivity contribution in [2.75, 3.05) is 52.4 Å². The summed E-state index contributed by atoms with van der Waals surface area (Å²) in [6, 6.07) is 0. The molecule has 0 aromatic rings. The molecule has 3 fully saturated rings. The number of aliphatic hydroxyl groups is 1. The summed E-state index contributed by atoms with van der Waals surface area (Å²) < 4.78 is 0. The van der Waals surface area contributed by atoms with Gasteiger partial charge in [-0.1, -0.05) is 12.8 Å². The van der Waals surface area contributed by atoms with E-state index >= 15 is 0 Å². The van der Waals surface area contributed by atoms with E-state index in [4.69, 9.17) is 0 Å². The minimum absolute atomic E-state index is 0.215. The average molecular weight is 338 g/mol. The lowest BCUT2D eigenvalue weighted by atomic mass is 9.97. The van der Waals surface area contributed by atoms with Gasteiger partial charge in [0.25, 0.3) is 0 Å². The van der Waals surface area contributed by atoms with Gasteiger partial charge in [0, 0.05) is 39.1 Å². The molecule has 3 aliphatic heterocycles. The first-order valence-electron chi connectivity index (χ1n) is 10.1. The number of carbonyl (C=O) groups is 1. The normalized spacial score (nSPS) is 29.0. The summed E-state index contributed by atoms with van der Waals surface area (Å²) in [5.41, 5.74) is 0. The predicted octanol–water partition coefficient (Wildman–Crippen LogP) is 1.56. The largest absolute Gasteiger partial charge is 0.390 e. The Labute approximate surface area is 147 Å². The van der Waals surface area contributed by atoms with Crippen molar-refractivity contribution in [2.24, 2.45) is 5.92 Å². The summed E-state index contributed by atoms with van der Waals surface area (Å²) in [6.45, 7) is 8.06. The molecule has 1 N–H and O–H groups in total. The van der Waals surface area contributed by atoms with Crippen LogP contribution in [-0.4, -0.2) is 84.2 Å². The summed E-state index contributed by atoms with van der Waals surface area (Å²) in [4.78, 5) is 18.6. The standard InChI is InChI=1S/C19H35N3O2/c23-18(16-22-12-6-8-19(22)24)15-21-11-5-7-17(14-21)13-20-9-3-1-2-4-10-20/h17-18,23H,1-16H2. The van der Waals surface area contributed by atoms with Gasteiger partial charge in [0.15, 0.2) is 0 Å². The number of rotatable bonds is 6. The van der Waals surface area contributed by atoms with Crippen molar-refractivity contribution in [3.05, 3.63) is 0 Å². The van der Waals surface area contributed by atoms with Crippen molar-refractivity contribution < 1.29 is 9.90 Å². The second-order valence-corrected chi connectivity index (χ2v) is 8.08. The fourth-order valence-electron chi connectivity index (χ4n) is 4.66. The third-order valence-corrected chi connectivity index (χ3v) is 5.89.